The second-order valence-electron chi connectivity index (χ2n) is 5.89. The van der Waals surface area contributed by atoms with Gasteiger partial charge in [0.15, 0.2) is 18.5 Å². The molecular formula is C18H18N2O2. The van der Waals surface area contributed by atoms with Gasteiger partial charge < -0.3 is 9.64 Å². The number of carbonyl (C=O) groups excluding carboxylic acids is 1. The van der Waals surface area contributed by atoms with E-state index in [9.17, 15) is 4.79 Å². The molecule has 0 radical (unpaired) electrons. The molecule has 2 aromatic rings. The van der Waals surface area contributed by atoms with Crippen LogP contribution in [0.2, 0.25) is 0 Å². The molecule has 0 aliphatic carbocycles. The van der Waals surface area contributed by atoms with E-state index in [1.807, 2.05) is 23.1 Å². The molecule has 2 heterocycles. The third-order valence-corrected chi connectivity index (χ3v) is 4.49. The predicted molar refractivity (Wildman–Crippen MR) is 85.9 cm³/mol. The third kappa shape index (κ3) is 2.25. The Morgan fingerprint density at radius 2 is 1.86 bits per heavy atom. The highest BCUT2D eigenvalue weighted by atomic mass is 16.5. The van der Waals surface area contributed by atoms with Gasteiger partial charge in [-0.05, 0) is 35.2 Å². The Balaban J connectivity index is 1.63. The lowest BCUT2D eigenvalue weighted by Gasteiger charge is -2.22. The first-order valence-corrected chi connectivity index (χ1v) is 7.77. The van der Waals surface area contributed by atoms with E-state index in [1.54, 1.807) is 0 Å². The first kappa shape index (κ1) is 13.3. The number of aliphatic imine (C=N–C) groups is 1. The molecule has 0 saturated carbocycles. The average Bonchev–Trinajstić information content (AvgIpc) is 3.25. The molecule has 22 heavy (non-hydrogen) atoms. The Morgan fingerprint density at radius 3 is 2.68 bits per heavy atom. The summed E-state index contributed by atoms with van der Waals surface area (Å²) in [6.45, 7) is 1.69. The topological polar surface area (TPSA) is 41.9 Å². The van der Waals surface area contributed by atoms with Crippen molar-refractivity contribution in [1.82, 2.24) is 4.90 Å². The van der Waals surface area contributed by atoms with Gasteiger partial charge in [-0.1, -0.05) is 36.4 Å². The van der Waals surface area contributed by atoms with E-state index < -0.39 is 6.04 Å². The molecule has 0 aromatic heterocycles. The molecule has 2 atom stereocenters. The number of likely N-dealkylation sites (tertiary alicyclic amines) is 1. The van der Waals surface area contributed by atoms with Crippen LogP contribution in [0, 0.1) is 0 Å². The quantitative estimate of drug-likeness (QED) is 0.854. The Hall–Kier alpha value is -2.36. The molecule has 112 valence electrons. The number of hydrogen-bond donors (Lipinski definition) is 0. The largest absolute Gasteiger partial charge is 0.473 e. The molecule has 0 bridgehead atoms. The highest BCUT2D eigenvalue weighted by Crippen LogP contribution is 2.31. The zero-order valence-electron chi connectivity index (χ0n) is 12.3. The second-order valence-corrected chi connectivity index (χ2v) is 5.89. The summed E-state index contributed by atoms with van der Waals surface area (Å²) in [5, 5.41) is 2.34. The standard InChI is InChI=1S/C18H18N2O2/c21-18(20-9-3-4-10-20)16-17(22-12-19-16)15-8-7-13-5-1-2-6-14(13)11-15/h1-2,5-8,11-12,16-17H,3-4,9-10H2/t16-,17?/m0/s1. The zero-order valence-corrected chi connectivity index (χ0v) is 12.3. The first-order valence-electron chi connectivity index (χ1n) is 7.77. The minimum atomic E-state index is -0.445. The van der Waals surface area contributed by atoms with E-state index in [2.05, 4.69) is 29.3 Å². The SMILES string of the molecule is O=C([C@H]1N=COC1c1ccc2ccccc2c1)N1CCCC1. The van der Waals surface area contributed by atoms with Crippen molar-refractivity contribution in [3.63, 3.8) is 0 Å². The van der Waals surface area contributed by atoms with Gasteiger partial charge >= 0.3 is 0 Å². The molecule has 1 unspecified atom stereocenters. The number of ether oxygens (including phenoxy) is 1. The van der Waals surface area contributed by atoms with Crippen LogP contribution in [0.1, 0.15) is 24.5 Å². The van der Waals surface area contributed by atoms with Gasteiger partial charge in [0.25, 0.3) is 5.91 Å². The highest BCUT2D eigenvalue weighted by Gasteiger charge is 2.37. The zero-order chi connectivity index (χ0) is 14.9. The van der Waals surface area contributed by atoms with Crippen molar-refractivity contribution in [3.05, 3.63) is 48.0 Å². The maximum atomic E-state index is 12.6. The number of carbonyl (C=O) groups is 1. The van der Waals surface area contributed by atoms with E-state index >= 15 is 0 Å². The lowest BCUT2D eigenvalue weighted by atomic mass is 9.98. The van der Waals surface area contributed by atoms with Crippen LogP contribution in [0.3, 0.4) is 0 Å². The Bertz CT molecular complexity index is 735. The fraction of sp³-hybridized carbons (Fsp3) is 0.333. The Kier molecular flexibility index (Phi) is 3.29. The molecule has 1 amide bonds. The van der Waals surface area contributed by atoms with Crippen LogP contribution < -0.4 is 0 Å². The average molecular weight is 294 g/mol. The van der Waals surface area contributed by atoms with Crippen LogP contribution in [-0.4, -0.2) is 36.3 Å². The molecular weight excluding hydrogens is 276 g/mol. The van der Waals surface area contributed by atoms with Crippen LogP contribution >= 0.6 is 0 Å². The summed E-state index contributed by atoms with van der Waals surface area (Å²) in [7, 11) is 0. The molecule has 4 nitrogen and oxygen atoms in total. The van der Waals surface area contributed by atoms with Gasteiger partial charge in [0.05, 0.1) is 0 Å². The van der Waals surface area contributed by atoms with Crippen molar-refractivity contribution in [2.75, 3.05) is 13.1 Å². The van der Waals surface area contributed by atoms with E-state index in [1.165, 1.54) is 11.8 Å². The normalized spacial score (nSPS) is 23.9. The number of hydrogen-bond acceptors (Lipinski definition) is 3. The van der Waals surface area contributed by atoms with E-state index in [4.69, 9.17) is 4.74 Å². The van der Waals surface area contributed by atoms with Crippen LogP contribution in [-0.2, 0) is 9.53 Å². The lowest BCUT2D eigenvalue weighted by molar-refractivity contribution is -0.133. The smallest absolute Gasteiger partial charge is 0.251 e. The number of fused-ring (bicyclic) bond motifs is 1. The molecule has 1 fully saturated rings. The van der Waals surface area contributed by atoms with Crippen molar-refractivity contribution in [1.29, 1.82) is 0 Å². The molecule has 4 rings (SSSR count). The fourth-order valence-corrected chi connectivity index (χ4v) is 3.28. The minimum Gasteiger partial charge on any atom is -0.473 e. The predicted octanol–water partition coefficient (Wildman–Crippen LogP) is 2.93. The summed E-state index contributed by atoms with van der Waals surface area (Å²) in [4.78, 5) is 18.8. The number of rotatable bonds is 2. The van der Waals surface area contributed by atoms with E-state index in [0.29, 0.717) is 0 Å². The van der Waals surface area contributed by atoms with E-state index in [0.717, 1.165) is 36.9 Å². The van der Waals surface area contributed by atoms with Gasteiger partial charge in [-0.2, -0.15) is 0 Å². The fourth-order valence-electron chi connectivity index (χ4n) is 3.28. The van der Waals surface area contributed by atoms with Crippen molar-refractivity contribution in [3.8, 4) is 0 Å². The molecule has 2 aliphatic heterocycles. The van der Waals surface area contributed by atoms with Crippen LogP contribution in [0.15, 0.2) is 47.5 Å². The number of nitrogens with zero attached hydrogens (tertiary/aromatic N) is 2. The molecule has 1 saturated heterocycles. The van der Waals surface area contributed by atoms with Crippen LogP contribution in [0.4, 0.5) is 0 Å². The third-order valence-electron chi connectivity index (χ3n) is 4.49. The maximum Gasteiger partial charge on any atom is 0.251 e. The van der Waals surface area contributed by atoms with Crippen LogP contribution in [0.25, 0.3) is 10.8 Å². The van der Waals surface area contributed by atoms with Crippen molar-refractivity contribution >= 4 is 23.1 Å². The van der Waals surface area contributed by atoms with Crippen molar-refractivity contribution in [2.45, 2.75) is 25.0 Å². The minimum absolute atomic E-state index is 0.0874. The van der Waals surface area contributed by atoms with Gasteiger partial charge in [0.2, 0.25) is 0 Å². The summed E-state index contributed by atoms with van der Waals surface area (Å²) in [5.41, 5.74) is 1.01. The molecule has 2 aliphatic rings. The van der Waals surface area contributed by atoms with Gasteiger partial charge in [-0.3, -0.25) is 4.79 Å². The molecule has 0 N–H and O–H groups in total. The van der Waals surface area contributed by atoms with Crippen molar-refractivity contribution < 1.29 is 9.53 Å². The summed E-state index contributed by atoms with van der Waals surface area (Å²) in [6.07, 6.45) is 3.30. The monoisotopic (exact) mass is 294 g/mol. The molecule has 2 aromatic carbocycles. The number of benzene rings is 2. The van der Waals surface area contributed by atoms with E-state index in [-0.39, 0.29) is 12.0 Å². The molecule has 0 spiro atoms. The summed E-state index contributed by atoms with van der Waals surface area (Å²) >= 11 is 0. The van der Waals surface area contributed by atoms with Gasteiger partial charge in [-0.15, -0.1) is 0 Å². The summed E-state index contributed by atoms with van der Waals surface area (Å²) in [6, 6.07) is 14.0. The highest BCUT2D eigenvalue weighted by molar-refractivity contribution is 5.87. The lowest BCUT2D eigenvalue weighted by Crippen LogP contribution is -2.38. The Labute approximate surface area is 129 Å². The summed E-state index contributed by atoms with van der Waals surface area (Å²) < 4.78 is 5.64. The van der Waals surface area contributed by atoms with Gasteiger partial charge in [0.1, 0.15) is 0 Å². The Morgan fingerprint density at radius 1 is 1.09 bits per heavy atom. The second kappa shape index (κ2) is 5.44. The summed E-state index contributed by atoms with van der Waals surface area (Å²) in [5.74, 6) is 0.0874. The van der Waals surface area contributed by atoms with Gasteiger partial charge in [-0.25, -0.2) is 4.99 Å². The molecule has 4 heteroatoms. The first-order chi connectivity index (χ1) is 10.8. The van der Waals surface area contributed by atoms with Crippen LogP contribution in [0.5, 0.6) is 0 Å². The maximum absolute atomic E-state index is 12.6. The number of amides is 1. The van der Waals surface area contributed by atoms with Gasteiger partial charge in [0, 0.05) is 13.1 Å². The van der Waals surface area contributed by atoms with Crippen molar-refractivity contribution in [2.24, 2.45) is 4.99 Å².